The quantitative estimate of drug-likeness (QED) is 0.771. The first-order valence-corrected chi connectivity index (χ1v) is 7.70. The third kappa shape index (κ3) is 4.10. The summed E-state index contributed by atoms with van der Waals surface area (Å²) in [6.45, 7) is 8.36. The average molecular weight is 268 g/mol. The maximum atomic E-state index is 12.1. The van der Waals surface area contributed by atoms with Crippen LogP contribution in [0.25, 0.3) is 0 Å². The lowest BCUT2D eigenvalue weighted by molar-refractivity contribution is 0.0248. The van der Waals surface area contributed by atoms with Crippen molar-refractivity contribution in [2.75, 3.05) is 33.2 Å². The number of carbonyl (C=O) groups excluding carboxylic acids is 1. The fourth-order valence-electron chi connectivity index (χ4n) is 3.07. The molecule has 0 aromatic heterocycles. The van der Waals surface area contributed by atoms with Crippen LogP contribution in [-0.4, -0.2) is 55.2 Å². The van der Waals surface area contributed by atoms with Crippen LogP contribution < -0.4 is 0 Å². The largest absolute Gasteiger partial charge is 0.446 e. The van der Waals surface area contributed by atoms with Crippen LogP contribution in [0.1, 0.15) is 39.5 Å². The molecule has 0 unspecified atom stereocenters. The second kappa shape index (κ2) is 6.60. The summed E-state index contributed by atoms with van der Waals surface area (Å²) in [5.41, 5.74) is 0. The van der Waals surface area contributed by atoms with Crippen LogP contribution in [0.4, 0.5) is 4.79 Å². The fourth-order valence-corrected chi connectivity index (χ4v) is 3.07. The van der Waals surface area contributed by atoms with Crippen LogP contribution in [0.15, 0.2) is 0 Å². The molecule has 2 saturated heterocycles. The molecule has 2 rings (SSSR count). The molecule has 0 bridgehead atoms. The Hall–Kier alpha value is -0.770. The minimum absolute atomic E-state index is 0.0863. The van der Waals surface area contributed by atoms with E-state index in [1.165, 1.54) is 0 Å². The van der Waals surface area contributed by atoms with Gasteiger partial charge in [-0.05, 0) is 44.6 Å². The summed E-state index contributed by atoms with van der Waals surface area (Å²) in [4.78, 5) is 16.3. The van der Waals surface area contributed by atoms with Gasteiger partial charge in [0.05, 0.1) is 0 Å². The standard InChI is InChI=1S/C15H28N2O2/c1-12(2)13-4-10-17(11-5-13)15(18)19-14-6-8-16(3)9-7-14/h12-14H,4-11H2,1-3H3. The predicted octanol–water partition coefficient (Wildman–Crippen LogP) is 2.59. The average Bonchev–Trinajstić information content (AvgIpc) is 2.41. The zero-order valence-corrected chi connectivity index (χ0v) is 12.6. The highest BCUT2D eigenvalue weighted by Gasteiger charge is 2.28. The number of hydrogen-bond acceptors (Lipinski definition) is 3. The van der Waals surface area contributed by atoms with Gasteiger partial charge < -0.3 is 14.5 Å². The zero-order valence-electron chi connectivity index (χ0n) is 12.6. The van der Waals surface area contributed by atoms with Crippen LogP contribution in [0.2, 0.25) is 0 Å². The van der Waals surface area contributed by atoms with E-state index in [2.05, 4.69) is 25.8 Å². The Bertz CT molecular complexity index is 291. The molecule has 2 heterocycles. The second-order valence-electron chi connectivity index (χ2n) is 6.45. The summed E-state index contributed by atoms with van der Waals surface area (Å²) in [5, 5.41) is 0. The molecule has 0 aromatic carbocycles. The topological polar surface area (TPSA) is 32.8 Å². The van der Waals surface area contributed by atoms with Crippen LogP contribution in [0.3, 0.4) is 0 Å². The van der Waals surface area contributed by atoms with Gasteiger partial charge in [-0.2, -0.15) is 0 Å². The number of likely N-dealkylation sites (tertiary alicyclic amines) is 2. The Morgan fingerprint density at radius 1 is 1.05 bits per heavy atom. The van der Waals surface area contributed by atoms with Crippen molar-refractivity contribution < 1.29 is 9.53 Å². The van der Waals surface area contributed by atoms with E-state index in [-0.39, 0.29) is 12.2 Å². The molecule has 0 aromatic rings. The summed E-state index contributed by atoms with van der Waals surface area (Å²) in [6, 6.07) is 0. The maximum absolute atomic E-state index is 12.1. The van der Waals surface area contributed by atoms with Crippen LogP contribution in [0.5, 0.6) is 0 Å². The first-order chi connectivity index (χ1) is 9.06. The molecule has 4 heteroatoms. The van der Waals surface area contributed by atoms with Gasteiger partial charge in [0.15, 0.2) is 0 Å². The molecule has 4 nitrogen and oxygen atoms in total. The van der Waals surface area contributed by atoms with E-state index in [0.29, 0.717) is 0 Å². The van der Waals surface area contributed by atoms with E-state index in [1.807, 2.05) is 4.90 Å². The molecule has 0 aliphatic carbocycles. The van der Waals surface area contributed by atoms with Crippen LogP contribution in [-0.2, 0) is 4.74 Å². The van der Waals surface area contributed by atoms with Crippen molar-refractivity contribution in [1.29, 1.82) is 0 Å². The Kier molecular flexibility index (Phi) is 5.08. The molecular weight excluding hydrogens is 240 g/mol. The highest BCUT2D eigenvalue weighted by Crippen LogP contribution is 2.25. The van der Waals surface area contributed by atoms with Gasteiger partial charge in [-0.15, -0.1) is 0 Å². The lowest BCUT2D eigenvalue weighted by atomic mass is 9.87. The summed E-state index contributed by atoms with van der Waals surface area (Å²) < 4.78 is 5.64. The second-order valence-corrected chi connectivity index (χ2v) is 6.45. The van der Waals surface area contributed by atoms with Gasteiger partial charge in [-0.1, -0.05) is 13.8 Å². The Labute approximate surface area is 117 Å². The zero-order chi connectivity index (χ0) is 13.8. The van der Waals surface area contributed by atoms with Crippen molar-refractivity contribution >= 4 is 6.09 Å². The van der Waals surface area contributed by atoms with Crippen LogP contribution in [0, 0.1) is 11.8 Å². The number of nitrogens with zero attached hydrogens (tertiary/aromatic N) is 2. The number of amides is 1. The van der Waals surface area contributed by atoms with Gasteiger partial charge in [-0.3, -0.25) is 0 Å². The minimum Gasteiger partial charge on any atom is -0.446 e. The third-order valence-corrected chi connectivity index (χ3v) is 4.67. The first-order valence-electron chi connectivity index (χ1n) is 7.70. The molecule has 2 fully saturated rings. The number of ether oxygens (including phenoxy) is 1. The van der Waals surface area contributed by atoms with E-state index < -0.39 is 0 Å². The molecule has 0 atom stereocenters. The maximum Gasteiger partial charge on any atom is 0.410 e. The lowest BCUT2D eigenvalue weighted by Crippen LogP contribution is -2.43. The van der Waals surface area contributed by atoms with Gasteiger partial charge in [0.25, 0.3) is 0 Å². The van der Waals surface area contributed by atoms with Crippen molar-refractivity contribution in [2.45, 2.75) is 45.6 Å². The van der Waals surface area contributed by atoms with Crippen molar-refractivity contribution in [2.24, 2.45) is 11.8 Å². The summed E-state index contributed by atoms with van der Waals surface area (Å²) in [7, 11) is 2.12. The monoisotopic (exact) mass is 268 g/mol. The van der Waals surface area contributed by atoms with Gasteiger partial charge >= 0.3 is 6.09 Å². The summed E-state index contributed by atoms with van der Waals surface area (Å²) >= 11 is 0. The molecular formula is C15H28N2O2. The predicted molar refractivity (Wildman–Crippen MR) is 76.1 cm³/mol. The number of hydrogen-bond donors (Lipinski definition) is 0. The van der Waals surface area contributed by atoms with E-state index >= 15 is 0 Å². The summed E-state index contributed by atoms with van der Waals surface area (Å²) in [6.07, 6.45) is 4.25. The minimum atomic E-state index is -0.0863. The van der Waals surface area contributed by atoms with Gasteiger partial charge in [0.1, 0.15) is 6.10 Å². The smallest absolute Gasteiger partial charge is 0.410 e. The molecule has 0 saturated carbocycles. The summed E-state index contributed by atoms with van der Waals surface area (Å²) in [5.74, 6) is 1.50. The molecule has 0 spiro atoms. The van der Waals surface area contributed by atoms with E-state index in [4.69, 9.17) is 4.74 Å². The van der Waals surface area contributed by atoms with Crippen molar-refractivity contribution in [3.8, 4) is 0 Å². The number of piperidine rings is 2. The van der Waals surface area contributed by atoms with E-state index in [1.54, 1.807) is 0 Å². The van der Waals surface area contributed by atoms with Crippen LogP contribution >= 0.6 is 0 Å². The number of carbonyl (C=O) groups is 1. The van der Waals surface area contributed by atoms with Gasteiger partial charge in [0, 0.05) is 26.2 Å². The van der Waals surface area contributed by atoms with Crippen molar-refractivity contribution in [3.63, 3.8) is 0 Å². The molecule has 1 amide bonds. The highest BCUT2D eigenvalue weighted by atomic mass is 16.6. The van der Waals surface area contributed by atoms with Gasteiger partial charge in [0.2, 0.25) is 0 Å². The Balaban J connectivity index is 1.72. The van der Waals surface area contributed by atoms with E-state index in [0.717, 1.165) is 63.7 Å². The van der Waals surface area contributed by atoms with Crippen molar-refractivity contribution in [1.82, 2.24) is 9.80 Å². The molecule has 19 heavy (non-hydrogen) atoms. The SMILES string of the molecule is CC(C)C1CCN(C(=O)OC2CCN(C)CC2)CC1. The Morgan fingerprint density at radius 2 is 1.63 bits per heavy atom. The van der Waals surface area contributed by atoms with Gasteiger partial charge in [-0.25, -0.2) is 4.79 Å². The molecule has 2 aliphatic heterocycles. The Morgan fingerprint density at radius 3 is 2.16 bits per heavy atom. The first kappa shape index (κ1) is 14.6. The fraction of sp³-hybridized carbons (Fsp3) is 0.933. The molecule has 110 valence electrons. The van der Waals surface area contributed by atoms with E-state index in [9.17, 15) is 4.79 Å². The lowest BCUT2D eigenvalue weighted by Gasteiger charge is -2.35. The third-order valence-electron chi connectivity index (χ3n) is 4.67. The molecule has 2 aliphatic rings. The normalized spacial score (nSPS) is 23.9. The molecule has 0 radical (unpaired) electrons. The number of rotatable bonds is 2. The van der Waals surface area contributed by atoms with Crippen molar-refractivity contribution in [3.05, 3.63) is 0 Å². The molecule has 0 N–H and O–H groups in total. The highest BCUT2D eigenvalue weighted by molar-refractivity contribution is 5.67.